The van der Waals surface area contributed by atoms with E-state index in [2.05, 4.69) is 50.3 Å². The number of unbranched alkanes of at least 4 members (excludes halogenated alkanes) is 27. The molecule has 2 saturated heterocycles. The highest BCUT2D eigenvalue weighted by Gasteiger charge is 2.47. The minimum atomic E-state index is -1.71. The van der Waals surface area contributed by atoms with Gasteiger partial charge in [-0.1, -0.05) is 185 Å². The van der Waals surface area contributed by atoms with Gasteiger partial charge in [0.15, 0.2) is 12.6 Å². The smallest absolute Gasteiger partial charge is 0.306 e. The Morgan fingerprint density at radius 2 is 0.861 bits per heavy atom. The number of carbonyl (C=O) groups excluding carboxylic acids is 1. The van der Waals surface area contributed by atoms with Crippen molar-refractivity contribution in [3.63, 3.8) is 0 Å². The van der Waals surface area contributed by atoms with Crippen LogP contribution in [0.1, 0.15) is 226 Å². The van der Waals surface area contributed by atoms with Crippen LogP contribution in [0.25, 0.3) is 0 Å². The van der Waals surface area contributed by atoms with Gasteiger partial charge in [-0.05, 0) is 70.6 Å². The molecule has 422 valence electrons. The highest BCUT2D eigenvalue weighted by Crippen LogP contribution is 2.27. The Bertz CT molecular complexity index is 1330. The van der Waals surface area contributed by atoms with Gasteiger partial charge in [0.2, 0.25) is 0 Å². The fraction of sp³-hybridized carbons (Fsp3) is 0.879. The Kier molecular flexibility index (Phi) is 41.8. The Morgan fingerprint density at radius 3 is 1.38 bits per heavy atom. The number of hydrogen-bond acceptors (Lipinski definition) is 14. The van der Waals surface area contributed by atoms with Crippen molar-refractivity contribution in [3.8, 4) is 0 Å². The van der Waals surface area contributed by atoms with Gasteiger partial charge in [-0.25, -0.2) is 0 Å². The summed E-state index contributed by atoms with van der Waals surface area (Å²) in [6.07, 6.45) is 36.3. The molecule has 0 amide bonds. The molecular formula is C58H106O14. The number of esters is 1. The topological polar surface area (TPSA) is 214 Å². The number of aliphatic hydroxyl groups is 7. The number of allylic oxidation sites excluding steroid dienone is 6. The first kappa shape index (κ1) is 66.3. The second-order valence-electron chi connectivity index (χ2n) is 20.5. The number of ether oxygens (including phenoxy) is 6. The van der Waals surface area contributed by atoms with E-state index >= 15 is 0 Å². The normalized spacial score (nSPS) is 25.3. The summed E-state index contributed by atoms with van der Waals surface area (Å²) < 4.78 is 34.4. The van der Waals surface area contributed by atoms with E-state index in [-0.39, 0.29) is 25.6 Å². The van der Waals surface area contributed by atoms with E-state index in [4.69, 9.17) is 28.4 Å². The number of carbonyl (C=O) groups is 1. The fourth-order valence-electron chi connectivity index (χ4n) is 9.13. The van der Waals surface area contributed by atoms with Crippen LogP contribution in [0.4, 0.5) is 0 Å². The molecule has 2 aliphatic heterocycles. The van der Waals surface area contributed by atoms with Crippen LogP contribution in [0, 0.1) is 0 Å². The molecule has 14 nitrogen and oxygen atoms in total. The molecule has 2 aliphatic rings. The van der Waals surface area contributed by atoms with E-state index in [1.54, 1.807) is 0 Å². The van der Waals surface area contributed by atoms with Gasteiger partial charge in [0.05, 0.1) is 26.4 Å². The molecule has 0 radical (unpaired) electrons. The molecule has 11 unspecified atom stereocenters. The average molecular weight is 1030 g/mol. The summed E-state index contributed by atoms with van der Waals surface area (Å²) >= 11 is 0. The molecule has 0 aromatic rings. The van der Waals surface area contributed by atoms with Crippen LogP contribution < -0.4 is 0 Å². The summed E-state index contributed by atoms with van der Waals surface area (Å²) in [4.78, 5) is 13.1. The molecule has 14 heteroatoms. The van der Waals surface area contributed by atoms with Crippen molar-refractivity contribution in [3.05, 3.63) is 36.5 Å². The maximum atomic E-state index is 13.1. The van der Waals surface area contributed by atoms with E-state index in [1.807, 2.05) is 0 Å². The molecule has 2 rings (SSSR count). The average Bonchev–Trinajstić information content (AvgIpc) is 3.38. The lowest BCUT2D eigenvalue weighted by atomic mass is 9.98. The highest BCUT2D eigenvalue weighted by atomic mass is 16.7. The Hall–Kier alpha value is -1.79. The number of rotatable bonds is 47. The van der Waals surface area contributed by atoms with Gasteiger partial charge in [-0.2, -0.15) is 0 Å². The molecule has 11 atom stereocenters. The summed E-state index contributed by atoms with van der Waals surface area (Å²) in [6.45, 7) is 3.68. The lowest BCUT2D eigenvalue weighted by Crippen LogP contribution is -2.61. The van der Waals surface area contributed by atoms with Gasteiger partial charge in [0.25, 0.3) is 0 Å². The van der Waals surface area contributed by atoms with Crippen molar-refractivity contribution >= 4 is 5.97 Å². The van der Waals surface area contributed by atoms with E-state index in [0.717, 1.165) is 51.4 Å². The Morgan fingerprint density at radius 1 is 0.458 bits per heavy atom. The van der Waals surface area contributed by atoms with Crippen LogP contribution in [-0.2, 0) is 33.2 Å². The molecule has 7 N–H and O–H groups in total. The van der Waals surface area contributed by atoms with E-state index in [9.17, 15) is 40.5 Å². The summed E-state index contributed by atoms with van der Waals surface area (Å²) in [5.41, 5.74) is 0. The molecule has 0 saturated carbocycles. The van der Waals surface area contributed by atoms with Crippen molar-refractivity contribution in [2.75, 3.05) is 33.0 Å². The molecule has 0 bridgehead atoms. The minimum absolute atomic E-state index is 0.0592. The second-order valence-corrected chi connectivity index (χ2v) is 20.5. The predicted octanol–water partition coefficient (Wildman–Crippen LogP) is 10.1. The van der Waals surface area contributed by atoms with Gasteiger partial charge in [0.1, 0.15) is 54.9 Å². The molecule has 0 aromatic heterocycles. The molecule has 0 aromatic carbocycles. The fourth-order valence-corrected chi connectivity index (χ4v) is 9.13. The van der Waals surface area contributed by atoms with Crippen LogP contribution in [0.5, 0.6) is 0 Å². The van der Waals surface area contributed by atoms with Crippen molar-refractivity contribution in [1.82, 2.24) is 0 Å². The highest BCUT2D eigenvalue weighted by molar-refractivity contribution is 5.69. The summed E-state index contributed by atoms with van der Waals surface area (Å²) in [7, 11) is 0. The predicted molar refractivity (Wildman–Crippen MR) is 284 cm³/mol. The first-order valence-electron chi connectivity index (χ1n) is 29.1. The van der Waals surface area contributed by atoms with Crippen LogP contribution in [-0.4, -0.2) is 142 Å². The first-order valence-corrected chi connectivity index (χ1v) is 29.1. The molecule has 72 heavy (non-hydrogen) atoms. The summed E-state index contributed by atoms with van der Waals surface area (Å²) in [6, 6.07) is 0. The Labute approximate surface area is 436 Å². The molecule has 0 spiro atoms. The molecule has 2 heterocycles. The van der Waals surface area contributed by atoms with E-state index in [1.165, 1.54) is 148 Å². The van der Waals surface area contributed by atoms with Crippen molar-refractivity contribution in [2.45, 2.75) is 293 Å². The van der Waals surface area contributed by atoms with Crippen LogP contribution in [0.15, 0.2) is 36.5 Å². The van der Waals surface area contributed by atoms with Crippen molar-refractivity contribution in [1.29, 1.82) is 0 Å². The second kappa shape index (κ2) is 45.4. The Balaban J connectivity index is 1.72. The van der Waals surface area contributed by atoms with E-state index < -0.39 is 80.7 Å². The maximum absolute atomic E-state index is 13.1. The largest absolute Gasteiger partial charge is 0.457 e. The molecule has 2 fully saturated rings. The van der Waals surface area contributed by atoms with Gasteiger partial charge < -0.3 is 64.2 Å². The summed E-state index contributed by atoms with van der Waals surface area (Å²) in [5, 5.41) is 72.3. The monoisotopic (exact) mass is 1030 g/mol. The van der Waals surface area contributed by atoms with Gasteiger partial charge >= 0.3 is 5.97 Å². The third-order valence-corrected chi connectivity index (χ3v) is 13.9. The summed E-state index contributed by atoms with van der Waals surface area (Å²) in [5.74, 6) is -0.379. The van der Waals surface area contributed by atoms with Gasteiger partial charge in [-0.3, -0.25) is 4.79 Å². The van der Waals surface area contributed by atoms with Gasteiger partial charge in [-0.15, -0.1) is 0 Å². The maximum Gasteiger partial charge on any atom is 0.306 e. The quantitative estimate of drug-likeness (QED) is 0.0172. The molecular weight excluding hydrogens is 921 g/mol. The van der Waals surface area contributed by atoms with Crippen LogP contribution in [0.2, 0.25) is 0 Å². The zero-order valence-corrected chi connectivity index (χ0v) is 45.2. The first-order chi connectivity index (χ1) is 35.1. The molecule has 0 aliphatic carbocycles. The van der Waals surface area contributed by atoms with Crippen LogP contribution >= 0.6 is 0 Å². The van der Waals surface area contributed by atoms with E-state index in [0.29, 0.717) is 13.0 Å². The zero-order chi connectivity index (χ0) is 52.3. The van der Waals surface area contributed by atoms with Crippen LogP contribution in [0.3, 0.4) is 0 Å². The third kappa shape index (κ3) is 31.9. The standard InChI is InChI=1S/C58H106O14/c1-3-5-7-9-11-13-15-17-19-21-23-24-26-28-30-32-34-36-38-40-42-67-44-47(70-50(60)41-39-37-35-33-31-29-27-25-22-20-18-16-14-12-10-8-6-4-2)45-68-57-56(66)54(64)52(62)49(72-57)46-69-58-55(65)53(63)51(61)48(43-59)71-58/h11,13,17,19-20,22,47-49,51-59,61-66H,3-10,12,14-16,18,21,23-46H2,1-2H3/b13-11-,19-17-,22-20-. The van der Waals surface area contributed by atoms with Crippen molar-refractivity contribution in [2.24, 2.45) is 0 Å². The third-order valence-electron chi connectivity index (χ3n) is 13.9. The lowest BCUT2D eigenvalue weighted by Gasteiger charge is -2.42. The number of hydrogen-bond donors (Lipinski definition) is 7. The number of aliphatic hydroxyl groups excluding tert-OH is 7. The SMILES string of the molecule is CCCCC/C=C\C/C=C\CCCCCCCCCCCCOCC(COC1OC(COC2OC(CO)C(O)C(O)C2O)C(O)C(O)C1O)OC(=O)CCCCCCCCC/C=C\CCCCCCCCC. The zero-order valence-electron chi connectivity index (χ0n) is 45.2. The van der Waals surface area contributed by atoms with Gasteiger partial charge in [0, 0.05) is 13.0 Å². The van der Waals surface area contributed by atoms with Crippen molar-refractivity contribution < 1.29 is 69.0 Å². The lowest BCUT2D eigenvalue weighted by molar-refractivity contribution is -0.332. The minimum Gasteiger partial charge on any atom is -0.457 e.